The Labute approximate surface area is 151 Å². The smallest absolute Gasteiger partial charge is 0.417 e. The van der Waals surface area contributed by atoms with Gasteiger partial charge in [0.15, 0.2) is 5.75 Å². The lowest BCUT2D eigenvalue weighted by molar-refractivity contribution is -0.137. The van der Waals surface area contributed by atoms with E-state index in [-0.39, 0.29) is 28.2 Å². The van der Waals surface area contributed by atoms with Crippen molar-refractivity contribution in [3.05, 3.63) is 46.1 Å². The van der Waals surface area contributed by atoms with E-state index in [4.69, 9.17) is 33.0 Å². The highest BCUT2D eigenvalue weighted by molar-refractivity contribution is 6.37. The van der Waals surface area contributed by atoms with E-state index in [0.29, 0.717) is 11.9 Å². The number of aliphatic hydroxyl groups is 2. The molecule has 0 spiro atoms. The zero-order chi connectivity index (χ0) is 18.6. The number of rotatable bonds is 6. The Hall–Kier alpha value is -1.74. The molecule has 0 saturated heterocycles. The summed E-state index contributed by atoms with van der Waals surface area (Å²) < 4.78 is 42.9. The fourth-order valence-electron chi connectivity index (χ4n) is 1.77. The van der Waals surface area contributed by atoms with Gasteiger partial charge in [0, 0.05) is 24.5 Å². The predicted octanol–water partition coefficient (Wildman–Crippen LogP) is 3.96. The highest BCUT2D eigenvalue weighted by Crippen LogP contribution is 2.39. The zero-order valence-electron chi connectivity index (χ0n) is 12.5. The van der Waals surface area contributed by atoms with Crippen LogP contribution in [0.3, 0.4) is 0 Å². The van der Waals surface area contributed by atoms with Crippen molar-refractivity contribution in [1.29, 1.82) is 0 Å². The van der Waals surface area contributed by atoms with Crippen LogP contribution in [0, 0.1) is 0 Å². The van der Waals surface area contributed by atoms with Crippen molar-refractivity contribution in [3.8, 4) is 11.6 Å². The summed E-state index contributed by atoms with van der Waals surface area (Å²) in [4.78, 5) is 3.58. The molecule has 25 heavy (non-hydrogen) atoms. The lowest BCUT2D eigenvalue weighted by atomic mass is 10.2. The van der Waals surface area contributed by atoms with Crippen LogP contribution in [-0.2, 0) is 6.18 Å². The quantitative estimate of drug-likeness (QED) is 0.688. The molecule has 1 aromatic heterocycles. The van der Waals surface area contributed by atoms with E-state index in [1.807, 2.05) is 0 Å². The first-order valence-electron chi connectivity index (χ1n) is 6.93. The van der Waals surface area contributed by atoms with Gasteiger partial charge in [0.1, 0.15) is 0 Å². The number of ether oxygens (including phenoxy) is 1. The maximum atomic E-state index is 12.5. The molecule has 0 aliphatic rings. The van der Waals surface area contributed by atoms with Crippen LogP contribution in [-0.4, -0.2) is 34.5 Å². The van der Waals surface area contributed by atoms with Crippen molar-refractivity contribution >= 4 is 28.9 Å². The number of aliphatic hydroxyl groups excluding tert-OH is 2. The minimum absolute atomic E-state index is 0.0313. The lowest BCUT2D eigenvalue weighted by Crippen LogP contribution is -2.22. The van der Waals surface area contributed by atoms with Gasteiger partial charge >= 0.3 is 6.18 Å². The van der Waals surface area contributed by atoms with E-state index in [1.165, 1.54) is 12.1 Å². The second kappa shape index (κ2) is 8.09. The summed E-state index contributed by atoms with van der Waals surface area (Å²) in [5, 5.41) is 21.1. The maximum Gasteiger partial charge on any atom is 0.417 e. The second-order valence-electron chi connectivity index (χ2n) is 4.97. The second-order valence-corrected chi connectivity index (χ2v) is 5.79. The molecule has 0 saturated carbocycles. The summed E-state index contributed by atoms with van der Waals surface area (Å²) in [5.74, 6) is -0.0722. The van der Waals surface area contributed by atoms with Crippen LogP contribution in [0.1, 0.15) is 5.56 Å². The maximum absolute atomic E-state index is 12.5. The first kappa shape index (κ1) is 19.6. The van der Waals surface area contributed by atoms with Crippen molar-refractivity contribution in [2.75, 3.05) is 18.5 Å². The first-order valence-corrected chi connectivity index (χ1v) is 7.69. The number of anilines is 1. The van der Waals surface area contributed by atoms with E-state index < -0.39 is 24.5 Å². The SMILES string of the molecule is OCC(O)CNc1cc(Cl)c(Oc2ccc(C(F)(F)F)cn2)c(Cl)c1. The van der Waals surface area contributed by atoms with E-state index in [0.717, 1.165) is 12.1 Å². The molecule has 1 aromatic carbocycles. The van der Waals surface area contributed by atoms with E-state index in [2.05, 4.69) is 10.3 Å². The molecular weight excluding hydrogens is 384 g/mol. The number of aromatic nitrogens is 1. The zero-order valence-corrected chi connectivity index (χ0v) is 14.0. The van der Waals surface area contributed by atoms with Crippen molar-refractivity contribution in [1.82, 2.24) is 4.98 Å². The first-order chi connectivity index (χ1) is 11.7. The van der Waals surface area contributed by atoms with Crippen LogP contribution in [0.5, 0.6) is 11.6 Å². The number of nitrogens with one attached hydrogen (secondary N) is 1. The Morgan fingerprint density at radius 3 is 2.32 bits per heavy atom. The average molecular weight is 397 g/mol. The Balaban J connectivity index is 2.14. The van der Waals surface area contributed by atoms with Gasteiger partial charge in [0.25, 0.3) is 0 Å². The highest BCUT2D eigenvalue weighted by atomic mass is 35.5. The molecule has 2 aromatic rings. The van der Waals surface area contributed by atoms with E-state index in [1.54, 1.807) is 0 Å². The third-order valence-corrected chi connectivity index (χ3v) is 3.58. The van der Waals surface area contributed by atoms with Gasteiger partial charge < -0.3 is 20.3 Å². The van der Waals surface area contributed by atoms with Crippen LogP contribution in [0.15, 0.2) is 30.5 Å². The molecule has 10 heteroatoms. The van der Waals surface area contributed by atoms with Crippen molar-refractivity contribution in [3.63, 3.8) is 0 Å². The average Bonchev–Trinajstić information content (AvgIpc) is 2.55. The van der Waals surface area contributed by atoms with E-state index in [9.17, 15) is 18.3 Å². The third-order valence-electron chi connectivity index (χ3n) is 3.02. The summed E-state index contributed by atoms with van der Waals surface area (Å²) in [5.41, 5.74) is -0.436. The fraction of sp³-hybridized carbons (Fsp3) is 0.267. The van der Waals surface area contributed by atoms with Gasteiger partial charge in [-0.05, 0) is 18.2 Å². The molecule has 1 atom stereocenters. The summed E-state index contributed by atoms with van der Waals surface area (Å²) in [7, 11) is 0. The number of hydrogen-bond donors (Lipinski definition) is 3. The van der Waals surface area contributed by atoms with E-state index >= 15 is 0 Å². The number of hydrogen-bond acceptors (Lipinski definition) is 5. The third kappa shape index (κ3) is 5.37. The molecular formula is C15H13Cl2F3N2O3. The molecule has 5 nitrogen and oxygen atoms in total. The standard InChI is InChI=1S/C15H13Cl2F3N2O3/c16-11-3-9(21-6-10(24)7-23)4-12(17)14(11)25-13-2-1-8(5-22-13)15(18,19)20/h1-5,10,21,23-24H,6-7H2. The van der Waals surface area contributed by atoms with Crippen LogP contribution >= 0.6 is 23.2 Å². The van der Waals surface area contributed by atoms with Gasteiger partial charge in [0.2, 0.25) is 5.88 Å². The van der Waals surface area contributed by atoms with Crippen LogP contribution in [0.25, 0.3) is 0 Å². The summed E-state index contributed by atoms with van der Waals surface area (Å²) in [6.07, 6.45) is -4.80. The molecule has 0 fully saturated rings. The Bertz CT molecular complexity index is 704. The van der Waals surface area contributed by atoms with Gasteiger partial charge in [-0.1, -0.05) is 23.2 Å². The van der Waals surface area contributed by atoms with Crippen LogP contribution in [0.2, 0.25) is 10.0 Å². The molecule has 136 valence electrons. The molecule has 1 heterocycles. The molecule has 0 amide bonds. The lowest BCUT2D eigenvalue weighted by Gasteiger charge is -2.14. The van der Waals surface area contributed by atoms with Crippen LogP contribution in [0.4, 0.5) is 18.9 Å². The number of pyridine rings is 1. The molecule has 0 aliphatic carbocycles. The number of alkyl halides is 3. The molecule has 3 N–H and O–H groups in total. The molecule has 1 unspecified atom stereocenters. The molecule has 0 bridgehead atoms. The van der Waals surface area contributed by atoms with Crippen molar-refractivity contribution in [2.45, 2.75) is 12.3 Å². The minimum atomic E-state index is -4.49. The number of benzene rings is 1. The number of halogens is 5. The molecule has 2 rings (SSSR count). The van der Waals surface area contributed by atoms with Gasteiger partial charge in [-0.2, -0.15) is 13.2 Å². The Morgan fingerprint density at radius 2 is 1.84 bits per heavy atom. The largest absolute Gasteiger partial charge is 0.436 e. The summed E-state index contributed by atoms with van der Waals surface area (Å²) >= 11 is 12.1. The van der Waals surface area contributed by atoms with Crippen molar-refractivity contribution < 1.29 is 28.1 Å². The highest BCUT2D eigenvalue weighted by Gasteiger charge is 2.30. The Kier molecular flexibility index (Phi) is 6.34. The van der Waals surface area contributed by atoms with Gasteiger partial charge in [0.05, 0.1) is 28.3 Å². The normalized spacial score (nSPS) is 12.8. The summed E-state index contributed by atoms with van der Waals surface area (Å²) in [6, 6.07) is 4.80. The van der Waals surface area contributed by atoms with Crippen LogP contribution < -0.4 is 10.1 Å². The fourth-order valence-corrected chi connectivity index (χ4v) is 2.34. The van der Waals surface area contributed by atoms with Gasteiger partial charge in [-0.3, -0.25) is 0 Å². The van der Waals surface area contributed by atoms with Crippen molar-refractivity contribution in [2.24, 2.45) is 0 Å². The predicted molar refractivity (Wildman–Crippen MR) is 87.4 cm³/mol. The summed E-state index contributed by atoms with van der Waals surface area (Å²) in [6.45, 7) is -0.334. The topological polar surface area (TPSA) is 74.6 Å². The molecule has 0 radical (unpaired) electrons. The monoisotopic (exact) mass is 396 g/mol. The molecule has 0 aliphatic heterocycles. The Morgan fingerprint density at radius 1 is 1.20 bits per heavy atom. The van der Waals surface area contributed by atoms with Gasteiger partial charge in [-0.25, -0.2) is 4.98 Å². The van der Waals surface area contributed by atoms with Gasteiger partial charge in [-0.15, -0.1) is 0 Å². The number of nitrogens with zero attached hydrogens (tertiary/aromatic N) is 1. The minimum Gasteiger partial charge on any atom is -0.436 e.